The van der Waals surface area contributed by atoms with E-state index in [1.165, 1.54) is 11.1 Å². The number of fused-ring (bicyclic) bond motifs is 1. The summed E-state index contributed by atoms with van der Waals surface area (Å²) in [6, 6.07) is 16.5. The quantitative estimate of drug-likeness (QED) is 0.825. The van der Waals surface area contributed by atoms with Crippen LogP contribution in [-0.2, 0) is 13.0 Å². The fourth-order valence-corrected chi connectivity index (χ4v) is 3.30. The summed E-state index contributed by atoms with van der Waals surface area (Å²) in [6.45, 7) is 6.07. The Bertz CT molecular complexity index is 696. The van der Waals surface area contributed by atoms with Crippen LogP contribution in [0.2, 0.25) is 0 Å². The molecule has 0 saturated carbocycles. The molecule has 3 rings (SSSR count). The Morgan fingerprint density at radius 3 is 2.75 bits per heavy atom. The first-order valence-electron chi connectivity index (χ1n) is 8.86. The van der Waals surface area contributed by atoms with Crippen LogP contribution in [0.3, 0.4) is 0 Å². The largest absolute Gasteiger partial charge is 0.352 e. The summed E-state index contributed by atoms with van der Waals surface area (Å²) in [6.07, 6.45) is 3.30. The molecule has 3 heteroatoms. The summed E-state index contributed by atoms with van der Waals surface area (Å²) in [4.78, 5) is 14.6. The van der Waals surface area contributed by atoms with Crippen molar-refractivity contribution in [3.8, 4) is 0 Å². The molecule has 1 amide bonds. The predicted molar refractivity (Wildman–Crippen MR) is 98.2 cm³/mol. The number of carbonyl (C=O) groups is 1. The number of amides is 1. The maximum atomic E-state index is 12.1. The van der Waals surface area contributed by atoms with Crippen LogP contribution >= 0.6 is 0 Å². The highest BCUT2D eigenvalue weighted by atomic mass is 16.1. The third-order valence-electron chi connectivity index (χ3n) is 4.68. The second-order valence-electron chi connectivity index (χ2n) is 6.63. The van der Waals surface area contributed by atoms with Crippen LogP contribution in [0.15, 0.2) is 48.5 Å². The van der Waals surface area contributed by atoms with Gasteiger partial charge in [-0.1, -0.05) is 42.0 Å². The first-order chi connectivity index (χ1) is 11.7. The molecule has 3 nitrogen and oxygen atoms in total. The SMILES string of the molecule is Cc1cccc(C(=O)NCCCCN2CCc3ccccc3C2)c1. The van der Waals surface area contributed by atoms with Crippen molar-refractivity contribution >= 4 is 5.91 Å². The minimum absolute atomic E-state index is 0.0330. The number of unbranched alkanes of at least 4 members (excludes halogenated alkanes) is 1. The summed E-state index contributed by atoms with van der Waals surface area (Å²) in [5.74, 6) is 0.0330. The normalized spacial score (nSPS) is 14.2. The Morgan fingerprint density at radius 1 is 1.08 bits per heavy atom. The second-order valence-corrected chi connectivity index (χ2v) is 6.63. The maximum Gasteiger partial charge on any atom is 0.251 e. The van der Waals surface area contributed by atoms with Gasteiger partial charge in [0.25, 0.3) is 5.91 Å². The molecule has 1 heterocycles. The second kappa shape index (κ2) is 8.11. The molecule has 1 N–H and O–H groups in total. The molecule has 1 aliphatic rings. The molecular weight excluding hydrogens is 296 g/mol. The molecule has 0 radical (unpaired) electrons. The molecule has 0 unspecified atom stereocenters. The molecule has 0 saturated heterocycles. The predicted octanol–water partition coefficient (Wildman–Crippen LogP) is 3.56. The van der Waals surface area contributed by atoms with Gasteiger partial charge in [0, 0.05) is 25.2 Å². The van der Waals surface area contributed by atoms with E-state index >= 15 is 0 Å². The lowest BCUT2D eigenvalue weighted by Crippen LogP contribution is -2.32. The Kier molecular flexibility index (Phi) is 5.65. The van der Waals surface area contributed by atoms with E-state index in [-0.39, 0.29) is 5.91 Å². The molecule has 126 valence electrons. The van der Waals surface area contributed by atoms with E-state index in [4.69, 9.17) is 0 Å². The lowest BCUT2D eigenvalue weighted by atomic mass is 10.00. The van der Waals surface area contributed by atoms with Gasteiger partial charge in [-0.25, -0.2) is 0 Å². The van der Waals surface area contributed by atoms with Crippen molar-refractivity contribution in [2.75, 3.05) is 19.6 Å². The topological polar surface area (TPSA) is 32.3 Å². The number of hydrogen-bond donors (Lipinski definition) is 1. The van der Waals surface area contributed by atoms with Gasteiger partial charge in [-0.05, 0) is 56.0 Å². The molecule has 2 aromatic carbocycles. The van der Waals surface area contributed by atoms with E-state index in [1.54, 1.807) is 0 Å². The van der Waals surface area contributed by atoms with Crippen molar-refractivity contribution in [3.05, 3.63) is 70.8 Å². The maximum absolute atomic E-state index is 12.1. The Balaban J connectivity index is 1.35. The van der Waals surface area contributed by atoms with E-state index in [9.17, 15) is 4.79 Å². The molecule has 24 heavy (non-hydrogen) atoms. The standard InChI is InChI=1S/C21H26N2O/c1-17-7-6-10-19(15-17)21(24)22-12-4-5-13-23-14-11-18-8-2-3-9-20(18)16-23/h2-3,6-10,15H,4-5,11-14,16H2,1H3,(H,22,24). The van der Waals surface area contributed by atoms with E-state index in [2.05, 4.69) is 34.5 Å². The highest BCUT2D eigenvalue weighted by Gasteiger charge is 2.14. The number of nitrogens with zero attached hydrogens (tertiary/aromatic N) is 1. The molecule has 0 fully saturated rings. The minimum atomic E-state index is 0.0330. The number of hydrogen-bond acceptors (Lipinski definition) is 2. The van der Waals surface area contributed by atoms with Gasteiger partial charge in [0.2, 0.25) is 0 Å². The van der Waals surface area contributed by atoms with Gasteiger partial charge >= 0.3 is 0 Å². The van der Waals surface area contributed by atoms with Crippen molar-refractivity contribution in [1.82, 2.24) is 10.2 Å². The number of rotatable bonds is 6. The van der Waals surface area contributed by atoms with E-state index < -0.39 is 0 Å². The summed E-state index contributed by atoms with van der Waals surface area (Å²) in [5, 5.41) is 3.02. The zero-order valence-corrected chi connectivity index (χ0v) is 14.4. The molecule has 1 aliphatic heterocycles. The lowest BCUT2D eigenvalue weighted by Gasteiger charge is -2.28. The van der Waals surface area contributed by atoms with Crippen LogP contribution in [0, 0.1) is 6.92 Å². The van der Waals surface area contributed by atoms with E-state index in [0.717, 1.165) is 56.6 Å². The van der Waals surface area contributed by atoms with Crippen molar-refractivity contribution in [1.29, 1.82) is 0 Å². The third-order valence-corrected chi connectivity index (χ3v) is 4.68. The Morgan fingerprint density at radius 2 is 1.92 bits per heavy atom. The van der Waals surface area contributed by atoms with Crippen LogP contribution in [0.4, 0.5) is 0 Å². The fourth-order valence-electron chi connectivity index (χ4n) is 3.30. The van der Waals surface area contributed by atoms with Gasteiger partial charge in [-0.3, -0.25) is 9.69 Å². The van der Waals surface area contributed by atoms with Gasteiger partial charge in [-0.15, -0.1) is 0 Å². The molecular formula is C21H26N2O. The average molecular weight is 322 g/mol. The van der Waals surface area contributed by atoms with Crippen molar-refractivity contribution in [3.63, 3.8) is 0 Å². The lowest BCUT2D eigenvalue weighted by molar-refractivity contribution is 0.0952. The first-order valence-corrected chi connectivity index (χ1v) is 8.86. The minimum Gasteiger partial charge on any atom is -0.352 e. The van der Waals surface area contributed by atoms with Crippen LogP contribution in [0.1, 0.15) is 39.9 Å². The van der Waals surface area contributed by atoms with Crippen LogP contribution in [0.5, 0.6) is 0 Å². The van der Waals surface area contributed by atoms with Gasteiger partial charge in [0.05, 0.1) is 0 Å². The van der Waals surface area contributed by atoms with Crippen molar-refractivity contribution in [2.45, 2.75) is 32.7 Å². The molecule has 0 aromatic heterocycles. The third kappa shape index (κ3) is 4.45. The van der Waals surface area contributed by atoms with Gasteiger partial charge in [0.15, 0.2) is 0 Å². The summed E-state index contributed by atoms with van der Waals surface area (Å²) < 4.78 is 0. The summed E-state index contributed by atoms with van der Waals surface area (Å²) in [5.41, 5.74) is 4.84. The highest BCUT2D eigenvalue weighted by molar-refractivity contribution is 5.94. The van der Waals surface area contributed by atoms with Crippen molar-refractivity contribution < 1.29 is 4.79 Å². The summed E-state index contributed by atoms with van der Waals surface area (Å²) in [7, 11) is 0. The van der Waals surface area contributed by atoms with E-state index in [0.29, 0.717) is 0 Å². The van der Waals surface area contributed by atoms with Crippen LogP contribution in [-0.4, -0.2) is 30.4 Å². The molecule has 0 aliphatic carbocycles. The van der Waals surface area contributed by atoms with E-state index in [1.807, 2.05) is 31.2 Å². The van der Waals surface area contributed by atoms with Gasteiger partial charge in [-0.2, -0.15) is 0 Å². The number of benzene rings is 2. The Labute approximate surface area is 144 Å². The fraction of sp³-hybridized carbons (Fsp3) is 0.381. The zero-order valence-electron chi connectivity index (χ0n) is 14.4. The zero-order chi connectivity index (χ0) is 16.8. The smallest absolute Gasteiger partial charge is 0.251 e. The monoisotopic (exact) mass is 322 g/mol. The first kappa shape index (κ1) is 16.7. The van der Waals surface area contributed by atoms with Crippen molar-refractivity contribution in [2.24, 2.45) is 0 Å². The van der Waals surface area contributed by atoms with Gasteiger partial charge < -0.3 is 5.32 Å². The average Bonchev–Trinajstić information content (AvgIpc) is 2.61. The van der Waals surface area contributed by atoms with Crippen LogP contribution in [0.25, 0.3) is 0 Å². The van der Waals surface area contributed by atoms with Crippen LogP contribution < -0.4 is 5.32 Å². The van der Waals surface area contributed by atoms with Gasteiger partial charge in [0.1, 0.15) is 0 Å². The molecule has 0 bridgehead atoms. The number of nitrogens with one attached hydrogen (secondary N) is 1. The number of aryl methyl sites for hydroxylation is 1. The highest BCUT2D eigenvalue weighted by Crippen LogP contribution is 2.18. The molecule has 0 spiro atoms. The summed E-state index contributed by atoms with van der Waals surface area (Å²) >= 11 is 0. The molecule has 0 atom stereocenters. The number of carbonyl (C=O) groups excluding carboxylic acids is 1. The molecule has 2 aromatic rings. The Hall–Kier alpha value is -2.13.